The van der Waals surface area contributed by atoms with Crippen molar-refractivity contribution in [1.29, 1.82) is 0 Å². The fourth-order valence-electron chi connectivity index (χ4n) is 4.96. The van der Waals surface area contributed by atoms with E-state index in [0.29, 0.717) is 23.9 Å². The van der Waals surface area contributed by atoms with Crippen LogP contribution in [0.4, 0.5) is 0 Å². The van der Waals surface area contributed by atoms with E-state index in [2.05, 4.69) is 15.2 Å². The molecular formula is C19H31N5O. The molecule has 3 fully saturated rings. The van der Waals surface area contributed by atoms with Crippen LogP contribution in [0, 0.1) is 11.3 Å². The number of hydrogen-bond donors (Lipinski definition) is 2. The van der Waals surface area contributed by atoms with Gasteiger partial charge in [0.25, 0.3) is 0 Å². The molecule has 3 aliphatic rings. The molecule has 1 amide bonds. The van der Waals surface area contributed by atoms with Gasteiger partial charge in [0, 0.05) is 37.4 Å². The normalized spacial score (nSPS) is 31.0. The Labute approximate surface area is 150 Å². The Kier molecular flexibility index (Phi) is 4.58. The topological polar surface area (TPSA) is 76.2 Å². The molecule has 3 unspecified atom stereocenters. The van der Waals surface area contributed by atoms with Crippen LogP contribution >= 0.6 is 0 Å². The van der Waals surface area contributed by atoms with E-state index in [1.54, 1.807) is 0 Å². The van der Waals surface area contributed by atoms with Gasteiger partial charge in [0.2, 0.25) is 5.91 Å². The van der Waals surface area contributed by atoms with Crippen LogP contribution < -0.4 is 11.1 Å². The number of aromatic nitrogens is 2. The minimum absolute atomic E-state index is 0.100. The summed E-state index contributed by atoms with van der Waals surface area (Å²) in [6.45, 7) is 2.79. The van der Waals surface area contributed by atoms with Gasteiger partial charge < -0.3 is 20.5 Å². The molecule has 3 atom stereocenters. The second-order valence-corrected chi connectivity index (χ2v) is 8.38. The van der Waals surface area contributed by atoms with E-state index in [4.69, 9.17) is 5.73 Å². The summed E-state index contributed by atoms with van der Waals surface area (Å²) in [5, 5.41) is 3.46. The quantitative estimate of drug-likeness (QED) is 0.865. The van der Waals surface area contributed by atoms with Gasteiger partial charge in [0.1, 0.15) is 5.82 Å². The summed E-state index contributed by atoms with van der Waals surface area (Å²) in [6.07, 6.45) is 11.3. The van der Waals surface area contributed by atoms with Crippen molar-refractivity contribution in [2.24, 2.45) is 24.1 Å². The molecule has 4 rings (SSSR count). The minimum atomic E-state index is 0.100. The van der Waals surface area contributed by atoms with E-state index in [1.165, 1.54) is 12.8 Å². The maximum absolute atomic E-state index is 13.4. The number of rotatable bonds is 4. The number of piperidine rings is 1. The van der Waals surface area contributed by atoms with Crippen molar-refractivity contribution in [2.45, 2.75) is 63.6 Å². The lowest BCUT2D eigenvalue weighted by Gasteiger charge is -2.34. The lowest BCUT2D eigenvalue weighted by atomic mass is 9.85. The van der Waals surface area contributed by atoms with E-state index < -0.39 is 0 Å². The highest BCUT2D eigenvalue weighted by Crippen LogP contribution is 2.56. The number of nitrogens with two attached hydrogens (primary N) is 1. The van der Waals surface area contributed by atoms with Gasteiger partial charge in [-0.2, -0.15) is 0 Å². The van der Waals surface area contributed by atoms with E-state index in [1.807, 2.05) is 24.0 Å². The lowest BCUT2D eigenvalue weighted by Crippen LogP contribution is -2.44. The summed E-state index contributed by atoms with van der Waals surface area (Å²) in [6, 6.07) is 0.571. The number of carbonyl (C=O) groups is 1. The standard InChI is InChI=1S/C19H31N5O/c1-23-10-9-22-17(23)13-24(16-12-19(16)5-7-21-8-6-19)18(25)14-3-2-4-15(20)11-14/h9-10,14-16,21H,2-8,11-13,20H2,1H3. The molecule has 1 spiro atoms. The molecule has 1 aromatic rings. The number of hydrogen-bond acceptors (Lipinski definition) is 4. The highest BCUT2D eigenvalue weighted by atomic mass is 16.2. The summed E-state index contributed by atoms with van der Waals surface area (Å²) in [4.78, 5) is 20.0. The highest BCUT2D eigenvalue weighted by Gasteiger charge is 2.58. The van der Waals surface area contributed by atoms with Crippen molar-refractivity contribution >= 4 is 5.91 Å². The van der Waals surface area contributed by atoms with Gasteiger partial charge in [-0.05, 0) is 57.0 Å². The van der Waals surface area contributed by atoms with Crippen molar-refractivity contribution in [3.05, 3.63) is 18.2 Å². The van der Waals surface area contributed by atoms with Crippen LogP contribution in [0.5, 0.6) is 0 Å². The van der Waals surface area contributed by atoms with Crippen molar-refractivity contribution < 1.29 is 4.79 Å². The molecule has 138 valence electrons. The van der Waals surface area contributed by atoms with E-state index in [0.717, 1.165) is 51.0 Å². The first-order valence-electron chi connectivity index (χ1n) is 9.82. The van der Waals surface area contributed by atoms with Gasteiger partial charge in [-0.25, -0.2) is 4.98 Å². The molecule has 25 heavy (non-hydrogen) atoms. The van der Waals surface area contributed by atoms with Crippen LogP contribution in [0.1, 0.15) is 50.8 Å². The second-order valence-electron chi connectivity index (χ2n) is 8.38. The summed E-state index contributed by atoms with van der Waals surface area (Å²) in [5.74, 6) is 1.39. The summed E-state index contributed by atoms with van der Waals surface area (Å²) < 4.78 is 2.03. The molecule has 1 saturated heterocycles. The summed E-state index contributed by atoms with van der Waals surface area (Å²) in [7, 11) is 2.01. The van der Waals surface area contributed by atoms with Gasteiger partial charge in [-0.3, -0.25) is 4.79 Å². The van der Waals surface area contributed by atoms with Crippen LogP contribution in [-0.2, 0) is 18.4 Å². The fraction of sp³-hybridized carbons (Fsp3) is 0.789. The monoisotopic (exact) mass is 345 g/mol. The van der Waals surface area contributed by atoms with Crippen molar-refractivity contribution in [2.75, 3.05) is 13.1 Å². The predicted octanol–water partition coefficient (Wildman–Crippen LogP) is 1.41. The third kappa shape index (κ3) is 3.34. The van der Waals surface area contributed by atoms with Crippen LogP contribution in [0.3, 0.4) is 0 Å². The van der Waals surface area contributed by atoms with Crippen LogP contribution in [-0.4, -0.2) is 45.5 Å². The molecular weight excluding hydrogens is 314 g/mol. The first kappa shape index (κ1) is 17.0. The summed E-state index contributed by atoms with van der Waals surface area (Å²) in [5.41, 5.74) is 6.51. The molecule has 2 heterocycles. The summed E-state index contributed by atoms with van der Waals surface area (Å²) >= 11 is 0. The van der Waals surface area contributed by atoms with Crippen LogP contribution in [0.2, 0.25) is 0 Å². The van der Waals surface area contributed by atoms with E-state index in [-0.39, 0.29) is 12.0 Å². The predicted molar refractivity (Wildman–Crippen MR) is 96.6 cm³/mol. The Morgan fingerprint density at radius 3 is 2.92 bits per heavy atom. The number of aryl methyl sites for hydroxylation is 1. The van der Waals surface area contributed by atoms with Crippen LogP contribution in [0.15, 0.2) is 12.4 Å². The maximum Gasteiger partial charge on any atom is 0.226 e. The molecule has 3 N–H and O–H groups in total. The minimum Gasteiger partial charge on any atom is -0.337 e. The molecule has 6 heteroatoms. The van der Waals surface area contributed by atoms with E-state index in [9.17, 15) is 4.79 Å². The van der Waals surface area contributed by atoms with Gasteiger partial charge in [-0.15, -0.1) is 0 Å². The Bertz CT molecular complexity index is 621. The molecule has 2 aliphatic carbocycles. The zero-order chi connectivity index (χ0) is 17.4. The number of nitrogens with one attached hydrogen (secondary N) is 1. The number of imidazole rings is 1. The Morgan fingerprint density at radius 1 is 1.44 bits per heavy atom. The third-order valence-electron chi connectivity index (χ3n) is 6.70. The number of amides is 1. The van der Waals surface area contributed by atoms with E-state index >= 15 is 0 Å². The van der Waals surface area contributed by atoms with Gasteiger partial charge >= 0.3 is 0 Å². The smallest absolute Gasteiger partial charge is 0.226 e. The van der Waals surface area contributed by atoms with Crippen molar-refractivity contribution in [3.63, 3.8) is 0 Å². The zero-order valence-corrected chi connectivity index (χ0v) is 15.3. The largest absolute Gasteiger partial charge is 0.337 e. The molecule has 2 saturated carbocycles. The molecule has 6 nitrogen and oxygen atoms in total. The second kappa shape index (κ2) is 6.72. The van der Waals surface area contributed by atoms with Crippen LogP contribution in [0.25, 0.3) is 0 Å². The first-order valence-corrected chi connectivity index (χ1v) is 9.82. The highest BCUT2D eigenvalue weighted by molar-refractivity contribution is 5.80. The zero-order valence-electron chi connectivity index (χ0n) is 15.3. The Hall–Kier alpha value is -1.40. The Morgan fingerprint density at radius 2 is 2.24 bits per heavy atom. The molecule has 1 aromatic heterocycles. The average Bonchev–Trinajstić information content (AvgIpc) is 3.13. The lowest BCUT2D eigenvalue weighted by molar-refractivity contribution is -0.139. The van der Waals surface area contributed by atoms with Gasteiger partial charge in [0.05, 0.1) is 6.54 Å². The number of carbonyl (C=O) groups excluding carboxylic acids is 1. The molecule has 0 radical (unpaired) electrons. The third-order valence-corrected chi connectivity index (χ3v) is 6.70. The average molecular weight is 345 g/mol. The Balaban J connectivity index is 1.53. The molecule has 1 aliphatic heterocycles. The fourth-order valence-corrected chi connectivity index (χ4v) is 4.96. The van der Waals surface area contributed by atoms with Gasteiger partial charge in [-0.1, -0.05) is 6.42 Å². The van der Waals surface area contributed by atoms with Crippen molar-refractivity contribution in [1.82, 2.24) is 19.8 Å². The first-order chi connectivity index (χ1) is 12.1. The van der Waals surface area contributed by atoms with Crippen molar-refractivity contribution in [3.8, 4) is 0 Å². The molecule has 0 aromatic carbocycles. The van der Waals surface area contributed by atoms with Gasteiger partial charge in [0.15, 0.2) is 0 Å². The molecule has 0 bridgehead atoms. The maximum atomic E-state index is 13.4. The number of nitrogens with zero attached hydrogens (tertiary/aromatic N) is 3. The SMILES string of the molecule is Cn1ccnc1CN(C(=O)C1CCCC(N)C1)C1CC12CCNCC2.